The van der Waals surface area contributed by atoms with Gasteiger partial charge in [0.15, 0.2) is 0 Å². The Bertz CT molecular complexity index is 297. The lowest BCUT2D eigenvalue weighted by molar-refractivity contribution is -0.255. The van der Waals surface area contributed by atoms with Crippen LogP contribution in [0.3, 0.4) is 0 Å². The molecule has 0 atom stereocenters. The minimum atomic E-state index is -1.25. The molecule has 0 unspecified atom stereocenters. The van der Waals surface area contributed by atoms with Gasteiger partial charge in [-0.25, -0.2) is 0 Å². The third kappa shape index (κ3) is 2.11. The normalized spacial score (nSPS) is 9.38. The first-order valence-corrected chi connectivity index (χ1v) is 3.62. The summed E-state index contributed by atoms with van der Waals surface area (Å²) in [5.74, 6) is -0.394. The van der Waals surface area contributed by atoms with E-state index in [1.54, 1.807) is 6.07 Å². The average Bonchev–Trinajstić information content (AvgIpc) is 2.16. The first kappa shape index (κ1) is 9.38. The minimum Gasteiger partial charge on any atom is -0.545 e. The van der Waals surface area contributed by atoms with Gasteiger partial charge >= 0.3 is 0 Å². The fourth-order valence-corrected chi connectivity index (χ4v) is 0.925. The van der Waals surface area contributed by atoms with E-state index in [0.29, 0.717) is 11.5 Å². The van der Waals surface area contributed by atoms with Gasteiger partial charge < -0.3 is 19.4 Å². The van der Waals surface area contributed by atoms with E-state index in [-0.39, 0.29) is 5.56 Å². The molecule has 1 aromatic rings. The maximum absolute atomic E-state index is 10.5. The van der Waals surface area contributed by atoms with Crippen molar-refractivity contribution in [3.63, 3.8) is 0 Å². The van der Waals surface area contributed by atoms with Gasteiger partial charge in [0.05, 0.1) is 20.2 Å². The molecule has 0 saturated heterocycles. The summed E-state index contributed by atoms with van der Waals surface area (Å²) in [4.78, 5) is 10.5. The van der Waals surface area contributed by atoms with Gasteiger partial charge in [-0.3, -0.25) is 0 Å². The highest BCUT2D eigenvalue weighted by Gasteiger charge is 2.01. The topological polar surface area (TPSA) is 58.6 Å². The predicted octanol–water partition coefficient (Wildman–Crippen LogP) is 0.0673. The number of hydrogen-bond acceptors (Lipinski definition) is 4. The molecule has 13 heavy (non-hydrogen) atoms. The molecule has 0 amide bonds. The highest BCUT2D eigenvalue weighted by Crippen LogP contribution is 2.21. The first-order chi connectivity index (χ1) is 6.17. The Labute approximate surface area is 75.7 Å². The second-order valence-corrected chi connectivity index (χ2v) is 2.39. The molecule has 1 rings (SSSR count). The van der Waals surface area contributed by atoms with Crippen molar-refractivity contribution in [2.24, 2.45) is 0 Å². The lowest BCUT2D eigenvalue weighted by atomic mass is 10.2. The van der Waals surface area contributed by atoms with Crippen molar-refractivity contribution >= 4 is 5.97 Å². The lowest BCUT2D eigenvalue weighted by Gasteiger charge is -2.08. The number of carbonyl (C=O) groups is 1. The maximum Gasteiger partial charge on any atom is 0.123 e. The monoisotopic (exact) mass is 181 g/mol. The third-order valence-corrected chi connectivity index (χ3v) is 1.59. The van der Waals surface area contributed by atoms with Crippen LogP contribution in [-0.4, -0.2) is 20.2 Å². The van der Waals surface area contributed by atoms with Gasteiger partial charge in [-0.05, 0) is 12.1 Å². The summed E-state index contributed by atoms with van der Waals surface area (Å²) in [6.07, 6.45) is 0. The Morgan fingerprint density at radius 3 is 1.92 bits per heavy atom. The Morgan fingerprint density at radius 1 is 1.15 bits per heavy atom. The van der Waals surface area contributed by atoms with Gasteiger partial charge in [0.1, 0.15) is 11.5 Å². The second-order valence-electron chi connectivity index (χ2n) is 2.39. The van der Waals surface area contributed by atoms with Gasteiger partial charge in [-0.15, -0.1) is 0 Å². The minimum absolute atomic E-state index is 0.0381. The van der Waals surface area contributed by atoms with Crippen molar-refractivity contribution in [3.05, 3.63) is 23.8 Å². The van der Waals surface area contributed by atoms with E-state index in [2.05, 4.69) is 0 Å². The van der Waals surface area contributed by atoms with Crippen molar-refractivity contribution in [1.29, 1.82) is 0 Å². The summed E-state index contributed by atoms with van der Waals surface area (Å²) in [5.41, 5.74) is 0.0381. The molecule has 70 valence electrons. The van der Waals surface area contributed by atoms with E-state index in [4.69, 9.17) is 9.47 Å². The molecule has 0 aliphatic heterocycles. The van der Waals surface area contributed by atoms with Crippen molar-refractivity contribution in [1.82, 2.24) is 0 Å². The number of hydrogen-bond donors (Lipinski definition) is 0. The summed E-state index contributed by atoms with van der Waals surface area (Å²) in [7, 11) is 2.90. The zero-order valence-corrected chi connectivity index (χ0v) is 7.37. The lowest BCUT2D eigenvalue weighted by Crippen LogP contribution is -2.22. The van der Waals surface area contributed by atoms with Crippen LogP contribution in [-0.2, 0) is 0 Å². The number of aromatic carboxylic acids is 1. The van der Waals surface area contributed by atoms with Crippen molar-refractivity contribution < 1.29 is 19.4 Å². The summed E-state index contributed by atoms with van der Waals surface area (Å²) in [6, 6.07) is 4.34. The van der Waals surface area contributed by atoms with Gasteiger partial charge in [-0.2, -0.15) is 0 Å². The number of carboxylic acid groups (broad SMARTS) is 1. The summed E-state index contributed by atoms with van der Waals surface area (Å²) >= 11 is 0. The van der Waals surface area contributed by atoms with Crippen molar-refractivity contribution in [2.45, 2.75) is 0 Å². The molecule has 0 aliphatic rings. The van der Waals surface area contributed by atoms with E-state index >= 15 is 0 Å². The van der Waals surface area contributed by atoms with E-state index in [9.17, 15) is 9.90 Å². The molecule has 0 spiro atoms. The van der Waals surface area contributed by atoms with E-state index in [1.165, 1.54) is 26.4 Å². The van der Waals surface area contributed by atoms with Gasteiger partial charge in [-0.1, -0.05) is 0 Å². The molecule has 0 radical (unpaired) electrons. The first-order valence-electron chi connectivity index (χ1n) is 3.62. The molecule has 0 N–H and O–H groups in total. The van der Waals surface area contributed by atoms with Crippen LogP contribution in [0.5, 0.6) is 11.5 Å². The Balaban J connectivity index is 3.14. The standard InChI is InChI=1S/C9H10O4/c1-12-7-3-6(9(10)11)4-8(5-7)13-2/h3-5H,1-2H3,(H,10,11)/p-1. The number of rotatable bonds is 3. The molecule has 4 heteroatoms. The fraction of sp³-hybridized carbons (Fsp3) is 0.222. The van der Waals surface area contributed by atoms with Gasteiger partial charge in [0.2, 0.25) is 0 Å². The van der Waals surface area contributed by atoms with E-state index in [1.807, 2.05) is 0 Å². The van der Waals surface area contributed by atoms with Crippen LogP contribution in [0.4, 0.5) is 0 Å². The SMILES string of the molecule is COc1cc(OC)cc(C(=O)[O-])c1. The average molecular weight is 181 g/mol. The van der Waals surface area contributed by atoms with Crippen LogP contribution in [0.2, 0.25) is 0 Å². The van der Waals surface area contributed by atoms with Crippen LogP contribution in [0, 0.1) is 0 Å². The van der Waals surface area contributed by atoms with Crippen LogP contribution >= 0.6 is 0 Å². The molecule has 0 bridgehead atoms. The van der Waals surface area contributed by atoms with E-state index < -0.39 is 5.97 Å². The van der Waals surface area contributed by atoms with Crippen molar-refractivity contribution in [3.8, 4) is 11.5 Å². The summed E-state index contributed by atoms with van der Waals surface area (Å²) in [5, 5.41) is 10.5. The van der Waals surface area contributed by atoms with Crippen LogP contribution in [0.25, 0.3) is 0 Å². The highest BCUT2D eigenvalue weighted by atomic mass is 16.5. The predicted molar refractivity (Wildman–Crippen MR) is 43.9 cm³/mol. The molecule has 0 aliphatic carbocycles. The van der Waals surface area contributed by atoms with Gasteiger partial charge in [0.25, 0.3) is 0 Å². The van der Waals surface area contributed by atoms with E-state index in [0.717, 1.165) is 0 Å². The molecule has 0 saturated carbocycles. The summed E-state index contributed by atoms with van der Waals surface area (Å²) < 4.78 is 9.75. The third-order valence-electron chi connectivity index (χ3n) is 1.59. The number of carboxylic acids is 1. The second kappa shape index (κ2) is 3.80. The van der Waals surface area contributed by atoms with Crippen LogP contribution in [0.1, 0.15) is 10.4 Å². The maximum atomic E-state index is 10.5. The quantitative estimate of drug-likeness (QED) is 0.662. The Kier molecular flexibility index (Phi) is 2.74. The molecule has 1 aromatic carbocycles. The molecule has 4 nitrogen and oxygen atoms in total. The van der Waals surface area contributed by atoms with Crippen LogP contribution in [0.15, 0.2) is 18.2 Å². The number of methoxy groups -OCH3 is 2. The Hall–Kier alpha value is -1.71. The zero-order chi connectivity index (χ0) is 9.84. The van der Waals surface area contributed by atoms with Crippen LogP contribution < -0.4 is 14.6 Å². The largest absolute Gasteiger partial charge is 0.545 e. The molecule has 0 fully saturated rings. The molecule has 0 heterocycles. The molecular formula is C9H9O4-. The molecular weight excluding hydrogens is 172 g/mol. The smallest absolute Gasteiger partial charge is 0.123 e. The fourth-order valence-electron chi connectivity index (χ4n) is 0.925. The number of ether oxygens (including phenoxy) is 2. The Morgan fingerprint density at radius 2 is 1.62 bits per heavy atom. The van der Waals surface area contributed by atoms with Gasteiger partial charge in [0, 0.05) is 11.6 Å². The zero-order valence-electron chi connectivity index (χ0n) is 7.37. The summed E-state index contributed by atoms with van der Waals surface area (Å²) in [6.45, 7) is 0. The number of carbonyl (C=O) groups excluding carboxylic acids is 1. The molecule has 0 aromatic heterocycles. The highest BCUT2D eigenvalue weighted by molar-refractivity contribution is 5.86. The number of benzene rings is 1. The van der Waals surface area contributed by atoms with Crippen molar-refractivity contribution in [2.75, 3.05) is 14.2 Å².